The molecule has 0 fully saturated rings. The van der Waals surface area contributed by atoms with Gasteiger partial charge in [0.05, 0.1) is 0 Å². The van der Waals surface area contributed by atoms with E-state index in [4.69, 9.17) is 5.21 Å². The molecule has 0 bridgehead atoms. The zero-order chi connectivity index (χ0) is 11.7. The van der Waals surface area contributed by atoms with Gasteiger partial charge in [0.1, 0.15) is 0 Å². The third-order valence-electron chi connectivity index (χ3n) is 2.08. The Morgan fingerprint density at radius 1 is 1.13 bits per heavy atom. The van der Waals surface area contributed by atoms with Gasteiger partial charge in [0.2, 0.25) is 5.91 Å². The minimum absolute atomic E-state index is 0.330. The van der Waals surface area contributed by atoms with Crippen LogP contribution < -0.4 is 5.48 Å². The van der Waals surface area contributed by atoms with Crippen LogP contribution in [-0.2, 0) is 4.79 Å². The van der Waals surface area contributed by atoms with Gasteiger partial charge in [0.25, 0.3) is 0 Å². The average Bonchev–Trinajstić information content (AvgIpc) is 2.17. The fourth-order valence-electron chi connectivity index (χ4n) is 1.20. The van der Waals surface area contributed by atoms with Crippen molar-refractivity contribution in [2.45, 2.75) is 46.5 Å². The van der Waals surface area contributed by atoms with E-state index < -0.39 is 0 Å². The van der Waals surface area contributed by atoms with E-state index >= 15 is 0 Å². The lowest BCUT2D eigenvalue weighted by Gasteiger charge is -1.99. The molecule has 2 N–H and O–H groups in total. The van der Waals surface area contributed by atoms with E-state index in [1.54, 1.807) is 5.48 Å². The first-order valence-corrected chi connectivity index (χ1v) is 5.28. The lowest BCUT2D eigenvalue weighted by molar-refractivity contribution is -0.129. The average molecular weight is 211 g/mol. The molecule has 1 amide bonds. The predicted molar refractivity (Wildman–Crippen MR) is 61.6 cm³/mol. The zero-order valence-corrected chi connectivity index (χ0v) is 9.84. The fourth-order valence-corrected chi connectivity index (χ4v) is 1.20. The van der Waals surface area contributed by atoms with Crippen molar-refractivity contribution >= 4 is 5.91 Å². The number of hydrogen-bond acceptors (Lipinski definition) is 2. The zero-order valence-electron chi connectivity index (χ0n) is 9.84. The van der Waals surface area contributed by atoms with Gasteiger partial charge in [-0.05, 0) is 40.0 Å². The van der Waals surface area contributed by atoms with Crippen molar-refractivity contribution in [3.63, 3.8) is 0 Å². The van der Waals surface area contributed by atoms with Crippen molar-refractivity contribution in [2.75, 3.05) is 0 Å². The van der Waals surface area contributed by atoms with Crippen LogP contribution >= 0.6 is 0 Å². The summed E-state index contributed by atoms with van der Waals surface area (Å²) in [5, 5.41) is 8.27. The molecular weight excluding hydrogens is 190 g/mol. The van der Waals surface area contributed by atoms with Crippen LogP contribution in [0.25, 0.3) is 0 Å². The maximum absolute atomic E-state index is 10.7. The molecule has 0 aliphatic carbocycles. The van der Waals surface area contributed by atoms with Gasteiger partial charge in [-0.1, -0.05) is 23.3 Å². The highest BCUT2D eigenvalue weighted by atomic mass is 16.5. The SMILES string of the molecule is CC(C)=CCC/C(C)=C/CCC(=O)NO. The summed E-state index contributed by atoms with van der Waals surface area (Å²) in [5.74, 6) is -0.330. The number of carbonyl (C=O) groups is 1. The van der Waals surface area contributed by atoms with Gasteiger partial charge in [-0.2, -0.15) is 0 Å². The minimum atomic E-state index is -0.330. The standard InChI is InChI=1S/C12H21NO2/c1-10(2)6-4-7-11(3)8-5-9-12(14)13-15/h6,8,15H,4-5,7,9H2,1-3H3,(H,13,14)/b11-8+. The summed E-state index contributed by atoms with van der Waals surface area (Å²) in [6, 6.07) is 0. The Balaban J connectivity index is 3.70. The molecular formula is C12H21NO2. The molecule has 3 heteroatoms. The van der Waals surface area contributed by atoms with Gasteiger partial charge < -0.3 is 0 Å². The van der Waals surface area contributed by atoms with Gasteiger partial charge in [-0.3, -0.25) is 10.0 Å². The largest absolute Gasteiger partial charge is 0.289 e. The van der Waals surface area contributed by atoms with Crippen LogP contribution in [0.15, 0.2) is 23.3 Å². The maximum Gasteiger partial charge on any atom is 0.243 e. The van der Waals surface area contributed by atoms with Crippen molar-refractivity contribution in [1.29, 1.82) is 0 Å². The number of allylic oxidation sites excluding steroid dienone is 4. The molecule has 0 aliphatic rings. The van der Waals surface area contributed by atoms with E-state index in [0.29, 0.717) is 12.8 Å². The summed E-state index contributed by atoms with van der Waals surface area (Å²) >= 11 is 0. The second-order valence-electron chi connectivity index (χ2n) is 3.94. The number of carbonyl (C=O) groups excluding carboxylic acids is 1. The summed E-state index contributed by atoms with van der Waals surface area (Å²) < 4.78 is 0. The van der Waals surface area contributed by atoms with Gasteiger partial charge in [-0.25, -0.2) is 5.48 Å². The number of nitrogens with one attached hydrogen (secondary N) is 1. The van der Waals surface area contributed by atoms with Crippen LogP contribution in [0.4, 0.5) is 0 Å². The van der Waals surface area contributed by atoms with Crippen molar-refractivity contribution in [1.82, 2.24) is 5.48 Å². The minimum Gasteiger partial charge on any atom is -0.289 e. The first-order valence-electron chi connectivity index (χ1n) is 5.28. The van der Waals surface area contributed by atoms with Crippen LogP contribution in [0, 0.1) is 0 Å². The predicted octanol–water partition coefficient (Wildman–Crippen LogP) is 2.96. The molecule has 86 valence electrons. The first-order chi connectivity index (χ1) is 7.06. The van der Waals surface area contributed by atoms with Crippen LogP contribution in [0.3, 0.4) is 0 Å². The quantitative estimate of drug-likeness (QED) is 0.403. The molecule has 0 heterocycles. The summed E-state index contributed by atoms with van der Waals surface area (Å²) in [7, 11) is 0. The van der Waals surface area contributed by atoms with Crippen LogP contribution in [0.1, 0.15) is 46.5 Å². The first kappa shape index (κ1) is 13.9. The fraction of sp³-hybridized carbons (Fsp3) is 0.583. The van der Waals surface area contributed by atoms with E-state index in [1.807, 2.05) is 6.08 Å². The molecule has 0 radical (unpaired) electrons. The van der Waals surface area contributed by atoms with Crippen molar-refractivity contribution in [3.8, 4) is 0 Å². The van der Waals surface area contributed by atoms with Crippen molar-refractivity contribution in [3.05, 3.63) is 23.3 Å². The third-order valence-corrected chi connectivity index (χ3v) is 2.08. The Labute approximate surface area is 91.8 Å². The molecule has 0 spiro atoms. The monoisotopic (exact) mass is 211 g/mol. The van der Waals surface area contributed by atoms with Crippen LogP contribution in [-0.4, -0.2) is 11.1 Å². The summed E-state index contributed by atoms with van der Waals surface area (Å²) in [5.41, 5.74) is 4.24. The highest BCUT2D eigenvalue weighted by Gasteiger charge is 1.96. The molecule has 0 atom stereocenters. The number of amides is 1. The Morgan fingerprint density at radius 3 is 2.27 bits per heavy atom. The molecule has 0 aliphatic heterocycles. The Morgan fingerprint density at radius 2 is 1.73 bits per heavy atom. The smallest absolute Gasteiger partial charge is 0.243 e. The van der Waals surface area contributed by atoms with Crippen molar-refractivity contribution < 1.29 is 10.0 Å². The highest BCUT2D eigenvalue weighted by molar-refractivity contribution is 5.74. The van der Waals surface area contributed by atoms with E-state index in [1.165, 1.54) is 11.1 Å². The number of hydroxylamine groups is 1. The number of rotatable bonds is 6. The molecule has 0 aromatic rings. The van der Waals surface area contributed by atoms with E-state index in [9.17, 15) is 4.79 Å². The van der Waals surface area contributed by atoms with Gasteiger partial charge in [0, 0.05) is 6.42 Å². The second kappa shape index (κ2) is 8.24. The Kier molecular flexibility index (Phi) is 7.64. The van der Waals surface area contributed by atoms with Crippen molar-refractivity contribution in [2.24, 2.45) is 0 Å². The molecule has 0 rings (SSSR count). The van der Waals surface area contributed by atoms with Crippen LogP contribution in [0.5, 0.6) is 0 Å². The second-order valence-corrected chi connectivity index (χ2v) is 3.94. The van der Waals surface area contributed by atoms with E-state index in [2.05, 4.69) is 26.8 Å². The van der Waals surface area contributed by atoms with Crippen LogP contribution in [0.2, 0.25) is 0 Å². The lowest BCUT2D eigenvalue weighted by atomic mass is 10.1. The summed E-state index contributed by atoms with van der Waals surface area (Å²) in [6.07, 6.45) is 7.37. The Bertz CT molecular complexity index is 250. The maximum atomic E-state index is 10.7. The highest BCUT2D eigenvalue weighted by Crippen LogP contribution is 2.08. The van der Waals surface area contributed by atoms with Gasteiger partial charge in [0.15, 0.2) is 0 Å². The normalized spacial score (nSPS) is 11.1. The number of hydrogen-bond donors (Lipinski definition) is 2. The molecule has 0 saturated carbocycles. The molecule has 0 aromatic heterocycles. The molecule has 0 unspecified atom stereocenters. The molecule has 15 heavy (non-hydrogen) atoms. The lowest BCUT2D eigenvalue weighted by Crippen LogP contribution is -2.17. The van der Waals surface area contributed by atoms with Gasteiger partial charge in [-0.15, -0.1) is 0 Å². The van der Waals surface area contributed by atoms with E-state index in [0.717, 1.165) is 12.8 Å². The Hall–Kier alpha value is -1.09. The topological polar surface area (TPSA) is 49.3 Å². The van der Waals surface area contributed by atoms with E-state index in [-0.39, 0.29) is 5.91 Å². The third kappa shape index (κ3) is 9.22. The molecule has 0 aromatic carbocycles. The molecule has 3 nitrogen and oxygen atoms in total. The summed E-state index contributed by atoms with van der Waals surface area (Å²) in [6.45, 7) is 6.24. The van der Waals surface area contributed by atoms with Gasteiger partial charge >= 0.3 is 0 Å². The molecule has 0 saturated heterocycles. The summed E-state index contributed by atoms with van der Waals surface area (Å²) in [4.78, 5) is 10.7.